The fraction of sp³-hybridized carbons (Fsp3) is 0.167. The fourth-order valence-electron chi connectivity index (χ4n) is 3.36. The molecule has 0 bridgehead atoms. The molecule has 0 fully saturated rings. The van der Waals surface area contributed by atoms with E-state index in [-0.39, 0.29) is 11.9 Å². The Labute approximate surface area is 200 Å². The molecule has 0 radical (unpaired) electrons. The number of nitrogens with two attached hydrogens (primary N) is 1. The maximum Gasteiger partial charge on any atom is 0.291 e. The van der Waals surface area contributed by atoms with Crippen LogP contribution in [0.15, 0.2) is 76.0 Å². The smallest absolute Gasteiger partial charge is 0.291 e. The number of methoxy groups -OCH3 is 1. The quantitative estimate of drug-likeness (QED) is 0.236. The number of para-hydroxylation sites is 1. The molecule has 2 heterocycles. The zero-order valence-electron chi connectivity index (χ0n) is 18.4. The Balaban J connectivity index is 1.59. The SMILES string of the molecule is COCCNc1sccc1C(=N)O/C(N)=N/C1N=C(c2ccccc2)c2ccccc2NC1=O. The van der Waals surface area contributed by atoms with Crippen molar-refractivity contribution in [2.24, 2.45) is 15.7 Å². The van der Waals surface area contributed by atoms with Gasteiger partial charge in [-0.3, -0.25) is 10.2 Å². The second kappa shape index (κ2) is 10.7. The van der Waals surface area contributed by atoms with Crippen LogP contribution in [0.4, 0.5) is 10.7 Å². The van der Waals surface area contributed by atoms with Crippen molar-refractivity contribution in [3.8, 4) is 0 Å². The average Bonchev–Trinajstić information content (AvgIpc) is 3.26. The van der Waals surface area contributed by atoms with E-state index in [9.17, 15) is 4.79 Å². The van der Waals surface area contributed by atoms with Crippen molar-refractivity contribution in [2.75, 3.05) is 30.9 Å². The van der Waals surface area contributed by atoms with E-state index in [1.165, 1.54) is 11.3 Å². The highest BCUT2D eigenvalue weighted by molar-refractivity contribution is 7.14. The van der Waals surface area contributed by atoms with Gasteiger partial charge in [0.05, 0.1) is 23.6 Å². The second-order valence-electron chi connectivity index (χ2n) is 7.23. The zero-order valence-corrected chi connectivity index (χ0v) is 19.3. The topological polar surface area (TPSA) is 134 Å². The number of amidine groups is 1. The number of hydrogen-bond acceptors (Lipinski definition) is 8. The van der Waals surface area contributed by atoms with E-state index >= 15 is 0 Å². The maximum absolute atomic E-state index is 12.9. The van der Waals surface area contributed by atoms with E-state index in [1.807, 2.05) is 60.0 Å². The molecular formula is C24H24N6O3S. The first kappa shape index (κ1) is 23.1. The summed E-state index contributed by atoms with van der Waals surface area (Å²) in [6, 6.07) is 18.4. The number of rotatable bonds is 7. The van der Waals surface area contributed by atoms with Crippen molar-refractivity contribution >= 4 is 45.6 Å². The molecule has 1 aliphatic rings. The van der Waals surface area contributed by atoms with E-state index in [1.54, 1.807) is 13.2 Å². The molecule has 3 aromatic rings. The Bertz CT molecular complexity index is 1240. The predicted octanol–water partition coefficient (Wildman–Crippen LogP) is 3.28. The van der Waals surface area contributed by atoms with Crippen molar-refractivity contribution < 1.29 is 14.3 Å². The molecule has 1 aromatic heterocycles. The lowest BCUT2D eigenvalue weighted by atomic mass is 10.0. The highest BCUT2D eigenvalue weighted by Gasteiger charge is 2.26. The third-order valence-electron chi connectivity index (χ3n) is 4.93. The number of hydrogen-bond donors (Lipinski definition) is 4. The summed E-state index contributed by atoms with van der Waals surface area (Å²) in [6.45, 7) is 1.11. The number of benzodiazepines with no additional fused rings is 1. The van der Waals surface area contributed by atoms with Gasteiger partial charge in [0.15, 0.2) is 0 Å². The summed E-state index contributed by atoms with van der Waals surface area (Å²) in [4.78, 5) is 21.7. The van der Waals surface area contributed by atoms with Gasteiger partial charge in [0.25, 0.3) is 11.9 Å². The first-order valence-electron chi connectivity index (χ1n) is 10.5. The molecule has 0 spiro atoms. The van der Waals surface area contributed by atoms with Crippen LogP contribution in [0, 0.1) is 5.41 Å². The van der Waals surface area contributed by atoms with Crippen LogP contribution in [0.2, 0.25) is 0 Å². The minimum atomic E-state index is -1.18. The summed E-state index contributed by atoms with van der Waals surface area (Å²) in [7, 11) is 1.62. The molecule has 0 saturated heterocycles. The summed E-state index contributed by atoms with van der Waals surface area (Å²) in [5, 5.41) is 16.9. The molecule has 1 atom stereocenters. The summed E-state index contributed by atoms with van der Waals surface area (Å²) >= 11 is 1.43. The van der Waals surface area contributed by atoms with E-state index in [0.29, 0.717) is 30.1 Å². The molecule has 174 valence electrons. The molecule has 1 unspecified atom stereocenters. The second-order valence-corrected chi connectivity index (χ2v) is 8.15. The van der Waals surface area contributed by atoms with E-state index in [0.717, 1.165) is 16.1 Å². The molecule has 34 heavy (non-hydrogen) atoms. The van der Waals surface area contributed by atoms with Crippen molar-refractivity contribution in [3.05, 3.63) is 82.7 Å². The number of ether oxygens (including phenoxy) is 2. The molecule has 2 aromatic carbocycles. The van der Waals surface area contributed by atoms with Crippen LogP contribution in [-0.2, 0) is 14.3 Å². The summed E-state index contributed by atoms with van der Waals surface area (Å²) in [5.74, 6) is -0.638. The van der Waals surface area contributed by atoms with Crippen LogP contribution < -0.4 is 16.4 Å². The Morgan fingerprint density at radius 2 is 1.97 bits per heavy atom. The van der Waals surface area contributed by atoms with Crippen LogP contribution in [0.3, 0.4) is 0 Å². The van der Waals surface area contributed by atoms with Gasteiger partial charge in [-0.25, -0.2) is 4.99 Å². The molecule has 0 aliphatic carbocycles. The third kappa shape index (κ3) is 5.30. The molecule has 0 saturated carbocycles. The van der Waals surface area contributed by atoms with Crippen molar-refractivity contribution in [1.82, 2.24) is 0 Å². The number of carbonyl (C=O) groups excluding carboxylic acids is 1. The Hall–Kier alpha value is -4.02. The van der Waals surface area contributed by atoms with Crippen LogP contribution in [0.1, 0.15) is 16.7 Å². The van der Waals surface area contributed by atoms with Crippen LogP contribution >= 0.6 is 11.3 Å². The Kier molecular flexibility index (Phi) is 7.31. The number of thiophene rings is 1. The molecule has 1 aliphatic heterocycles. The first-order chi connectivity index (χ1) is 16.6. The summed E-state index contributed by atoms with van der Waals surface area (Å²) < 4.78 is 10.5. The molecule has 9 nitrogen and oxygen atoms in total. The van der Waals surface area contributed by atoms with Gasteiger partial charge < -0.3 is 25.8 Å². The lowest BCUT2D eigenvalue weighted by Gasteiger charge is -2.11. The highest BCUT2D eigenvalue weighted by Crippen LogP contribution is 2.25. The van der Waals surface area contributed by atoms with Crippen LogP contribution in [0.25, 0.3) is 0 Å². The molecule has 10 heteroatoms. The predicted molar refractivity (Wildman–Crippen MR) is 135 cm³/mol. The number of nitrogens with zero attached hydrogens (tertiary/aromatic N) is 2. The zero-order chi connectivity index (χ0) is 23.9. The van der Waals surface area contributed by atoms with Gasteiger partial charge in [-0.2, -0.15) is 4.99 Å². The number of carbonyl (C=O) groups is 1. The number of nitrogens with one attached hydrogen (secondary N) is 3. The number of aliphatic imine (C=N–C) groups is 2. The summed E-state index contributed by atoms with van der Waals surface area (Å²) in [6.07, 6.45) is -1.18. The minimum absolute atomic E-state index is 0.188. The Morgan fingerprint density at radius 3 is 2.76 bits per heavy atom. The minimum Gasteiger partial charge on any atom is -0.407 e. The van der Waals surface area contributed by atoms with Gasteiger partial charge in [-0.15, -0.1) is 11.3 Å². The lowest BCUT2D eigenvalue weighted by Crippen LogP contribution is -2.29. The normalized spacial score (nSPS) is 15.6. The van der Waals surface area contributed by atoms with E-state index in [4.69, 9.17) is 20.6 Å². The third-order valence-corrected chi connectivity index (χ3v) is 5.80. The standard InChI is InChI=1S/C24H24N6O3S/c1-32-13-12-27-23-17(11-14-34-23)20(25)33-24(26)30-21-22(31)28-18-10-6-5-9-16(18)19(29-21)15-7-3-2-4-8-15/h2-11,14,21,25,27H,12-13H2,1H3,(H2,26,30)(H,28,31). The van der Waals surface area contributed by atoms with Crippen molar-refractivity contribution in [2.45, 2.75) is 6.17 Å². The van der Waals surface area contributed by atoms with Gasteiger partial charge in [-0.05, 0) is 17.5 Å². The first-order valence-corrected chi connectivity index (χ1v) is 11.4. The van der Waals surface area contributed by atoms with E-state index < -0.39 is 12.1 Å². The van der Waals surface area contributed by atoms with Crippen LogP contribution in [-0.4, -0.2) is 50.0 Å². The molecule has 5 N–H and O–H groups in total. The van der Waals surface area contributed by atoms with Crippen LogP contribution in [0.5, 0.6) is 0 Å². The Morgan fingerprint density at radius 1 is 1.21 bits per heavy atom. The number of amides is 1. The van der Waals surface area contributed by atoms with Gasteiger partial charge in [0.1, 0.15) is 5.00 Å². The average molecular weight is 477 g/mol. The monoisotopic (exact) mass is 476 g/mol. The van der Waals surface area contributed by atoms with Gasteiger partial charge in [-0.1, -0.05) is 48.5 Å². The lowest BCUT2D eigenvalue weighted by molar-refractivity contribution is -0.117. The summed E-state index contributed by atoms with van der Waals surface area (Å²) in [5.41, 5.74) is 9.37. The number of anilines is 2. The van der Waals surface area contributed by atoms with E-state index in [2.05, 4.69) is 20.6 Å². The van der Waals surface area contributed by atoms with Crippen molar-refractivity contribution in [3.63, 3.8) is 0 Å². The van der Waals surface area contributed by atoms with Crippen molar-refractivity contribution in [1.29, 1.82) is 5.41 Å². The molecule has 4 rings (SSSR count). The number of benzene rings is 2. The fourth-order valence-corrected chi connectivity index (χ4v) is 4.17. The van der Waals surface area contributed by atoms with Gasteiger partial charge >= 0.3 is 0 Å². The maximum atomic E-state index is 12.9. The highest BCUT2D eigenvalue weighted by atomic mass is 32.1. The number of fused-ring (bicyclic) bond motifs is 1. The van der Waals surface area contributed by atoms with Gasteiger partial charge in [0.2, 0.25) is 12.1 Å². The largest absolute Gasteiger partial charge is 0.407 e. The van der Waals surface area contributed by atoms with Gasteiger partial charge in [0, 0.05) is 24.8 Å². The molecular weight excluding hydrogens is 452 g/mol. The molecule has 1 amide bonds.